The van der Waals surface area contributed by atoms with E-state index in [0.717, 1.165) is 11.4 Å². The molecule has 0 fully saturated rings. The number of aromatic nitrogens is 2. The second-order valence-electron chi connectivity index (χ2n) is 3.00. The topological polar surface area (TPSA) is 55.0 Å². The molecule has 1 aromatic heterocycles. The standard InChI is InChI=1S/C8H14N4/c1-5-7(9)10-6(2)11-8(5)12(3)4/h1-4H3,(H2,9,10,11). The number of anilines is 2. The summed E-state index contributed by atoms with van der Waals surface area (Å²) in [5, 5.41) is 0. The zero-order valence-electron chi connectivity index (χ0n) is 7.92. The molecule has 0 aromatic carbocycles. The summed E-state index contributed by atoms with van der Waals surface area (Å²) >= 11 is 0. The van der Waals surface area contributed by atoms with Crippen LogP contribution in [0.4, 0.5) is 11.6 Å². The van der Waals surface area contributed by atoms with E-state index in [1.165, 1.54) is 0 Å². The molecule has 1 heterocycles. The predicted molar refractivity (Wildman–Crippen MR) is 50.2 cm³/mol. The van der Waals surface area contributed by atoms with Gasteiger partial charge in [-0.15, -0.1) is 0 Å². The first-order valence-electron chi connectivity index (χ1n) is 3.80. The minimum absolute atomic E-state index is 0.561. The summed E-state index contributed by atoms with van der Waals surface area (Å²) < 4.78 is 0. The Balaban J connectivity index is 3.28. The molecule has 4 heteroatoms. The molecule has 1 rings (SSSR count). The maximum Gasteiger partial charge on any atom is 0.136 e. The van der Waals surface area contributed by atoms with Crippen LogP contribution in [0.15, 0.2) is 0 Å². The summed E-state index contributed by atoms with van der Waals surface area (Å²) in [6.45, 7) is 3.76. The Morgan fingerprint density at radius 2 is 1.75 bits per heavy atom. The maximum absolute atomic E-state index is 5.68. The summed E-state index contributed by atoms with van der Waals surface area (Å²) in [7, 11) is 3.88. The van der Waals surface area contributed by atoms with Gasteiger partial charge in [-0.25, -0.2) is 9.97 Å². The number of aryl methyl sites for hydroxylation is 1. The molecular formula is C8H14N4. The van der Waals surface area contributed by atoms with E-state index >= 15 is 0 Å². The molecular weight excluding hydrogens is 152 g/mol. The molecule has 0 amide bonds. The van der Waals surface area contributed by atoms with Crippen LogP contribution in [0.25, 0.3) is 0 Å². The van der Waals surface area contributed by atoms with E-state index in [1.807, 2.05) is 32.8 Å². The normalized spacial score (nSPS) is 10.0. The molecule has 0 atom stereocenters. The minimum atomic E-state index is 0.561. The molecule has 0 spiro atoms. The quantitative estimate of drug-likeness (QED) is 0.668. The van der Waals surface area contributed by atoms with Gasteiger partial charge in [0.05, 0.1) is 0 Å². The van der Waals surface area contributed by atoms with Gasteiger partial charge in [-0.05, 0) is 13.8 Å². The molecule has 0 aliphatic heterocycles. The van der Waals surface area contributed by atoms with Crippen LogP contribution in [0.5, 0.6) is 0 Å². The van der Waals surface area contributed by atoms with Crippen molar-refractivity contribution < 1.29 is 0 Å². The lowest BCUT2D eigenvalue weighted by Gasteiger charge is -2.15. The van der Waals surface area contributed by atoms with Gasteiger partial charge in [0.2, 0.25) is 0 Å². The van der Waals surface area contributed by atoms with Gasteiger partial charge in [-0.2, -0.15) is 0 Å². The molecule has 12 heavy (non-hydrogen) atoms. The van der Waals surface area contributed by atoms with Crippen molar-refractivity contribution in [2.24, 2.45) is 0 Å². The molecule has 0 bridgehead atoms. The number of nitrogen functional groups attached to an aromatic ring is 1. The van der Waals surface area contributed by atoms with Crippen molar-refractivity contribution in [2.75, 3.05) is 24.7 Å². The molecule has 66 valence electrons. The number of nitrogens with two attached hydrogens (primary N) is 1. The Morgan fingerprint density at radius 3 is 2.25 bits per heavy atom. The lowest BCUT2D eigenvalue weighted by Crippen LogP contribution is -2.15. The van der Waals surface area contributed by atoms with Crippen LogP contribution < -0.4 is 10.6 Å². The predicted octanol–water partition coefficient (Wildman–Crippen LogP) is 0.742. The fourth-order valence-electron chi connectivity index (χ4n) is 1.07. The lowest BCUT2D eigenvalue weighted by molar-refractivity contribution is 0.975. The third-order valence-electron chi connectivity index (χ3n) is 1.69. The van der Waals surface area contributed by atoms with Gasteiger partial charge in [-0.3, -0.25) is 0 Å². The van der Waals surface area contributed by atoms with Gasteiger partial charge in [0.15, 0.2) is 0 Å². The second-order valence-corrected chi connectivity index (χ2v) is 3.00. The monoisotopic (exact) mass is 166 g/mol. The number of rotatable bonds is 1. The number of hydrogen-bond donors (Lipinski definition) is 1. The largest absolute Gasteiger partial charge is 0.383 e. The number of hydrogen-bond acceptors (Lipinski definition) is 4. The Morgan fingerprint density at radius 1 is 1.17 bits per heavy atom. The summed E-state index contributed by atoms with van der Waals surface area (Å²) in [5.41, 5.74) is 6.62. The van der Waals surface area contributed by atoms with E-state index in [4.69, 9.17) is 5.73 Å². The van der Waals surface area contributed by atoms with Crippen LogP contribution >= 0.6 is 0 Å². The van der Waals surface area contributed by atoms with Crippen molar-refractivity contribution in [1.29, 1.82) is 0 Å². The minimum Gasteiger partial charge on any atom is -0.383 e. The first kappa shape index (κ1) is 8.77. The third kappa shape index (κ3) is 1.47. The van der Waals surface area contributed by atoms with Gasteiger partial charge < -0.3 is 10.6 Å². The second kappa shape index (κ2) is 2.97. The van der Waals surface area contributed by atoms with Crippen molar-refractivity contribution in [3.8, 4) is 0 Å². The average Bonchev–Trinajstić information content (AvgIpc) is 1.96. The first-order valence-corrected chi connectivity index (χ1v) is 3.80. The van der Waals surface area contributed by atoms with Gasteiger partial charge in [0.1, 0.15) is 17.5 Å². The molecule has 2 N–H and O–H groups in total. The van der Waals surface area contributed by atoms with E-state index in [0.29, 0.717) is 11.6 Å². The highest BCUT2D eigenvalue weighted by atomic mass is 15.2. The van der Waals surface area contributed by atoms with Crippen molar-refractivity contribution in [2.45, 2.75) is 13.8 Å². The molecule has 0 saturated carbocycles. The van der Waals surface area contributed by atoms with Crippen molar-refractivity contribution >= 4 is 11.6 Å². The Hall–Kier alpha value is -1.32. The summed E-state index contributed by atoms with van der Waals surface area (Å²) in [4.78, 5) is 10.3. The van der Waals surface area contributed by atoms with E-state index in [-0.39, 0.29) is 0 Å². The summed E-state index contributed by atoms with van der Waals surface area (Å²) in [6, 6.07) is 0. The highest BCUT2D eigenvalue weighted by Gasteiger charge is 2.07. The third-order valence-corrected chi connectivity index (χ3v) is 1.69. The first-order chi connectivity index (χ1) is 5.52. The van der Waals surface area contributed by atoms with E-state index in [2.05, 4.69) is 9.97 Å². The van der Waals surface area contributed by atoms with Crippen LogP contribution in [0.3, 0.4) is 0 Å². The SMILES string of the molecule is Cc1nc(N)c(C)c(N(C)C)n1. The van der Waals surface area contributed by atoms with E-state index in [1.54, 1.807) is 0 Å². The molecule has 0 aliphatic rings. The molecule has 4 nitrogen and oxygen atoms in total. The van der Waals surface area contributed by atoms with Gasteiger partial charge >= 0.3 is 0 Å². The molecule has 0 saturated heterocycles. The average molecular weight is 166 g/mol. The van der Waals surface area contributed by atoms with E-state index in [9.17, 15) is 0 Å². The fourth-order valence-corrected chi connectivity index (χ4v) is 1.07. The van der Waals surface area contributed by atoms with Crippen molar-refractivity contribution in [3.63, 3.8) is 0 Å². The van der Waals surface area contributed by atoms with E-state index < -0.39 is 0 Å². The van der Waals surface area contributed by atoms with Crippen LogP contribution in [0.2, 0.25) is 0 Å². The Bertz CT molecular complexity index is 293. The van der Waals surface area contributed by atoms with Gasteiger partial charge in [0.25, 0.3) is 0 Å². The number of nitrogens with zero attached hydrogens (tertiary/aromatic N) is 3. The van der Waals surface area contributed by atoms with Gasteiger partial charge in [0, 0.05) is 19.7 Å². The lowest BCUT2D eigenvalue weighted by atomic mass is 10.3. The smallest absolute Gasteiger partial charge is 0.136 e. The fraction of sp³-hybridized carbons (Fsp3) is 0.500. The van der Waals surface area contributed by atoms with Crippen molar-refractivity contribution in [1.82, 2.24) is 9.97 Å². The molecule has 1 aromatic rings. The highest BCUT2D eigenvalue weighted by Crippen LogP contribution is 2.18. The molecule has 0 unspecified atom stereocenters. The molecule has 0 radical (unpaired) electrons. The Labute approximate surface area is 72.4 Å². The summed E-state index contributed by atoms with van der Waals surface area (Å²) in [6.07, 6.45) is 0. The maximum atomic E-state index is 5.68. The Kier molecular flexibility index (Phi) is 2.17. The highest BCUT2D eigenvalue weighted by molar-refractivity contribution is 5.55. The van der Waals surface area contributed by atoms with Crippen LogP contribution in [0.1, 0.15) is 11.4 Å². The van der Waals surface area contributed by atoms with Crippen LogP contribution in [0, 0.1) is 13.8 Å². The zero-order chi connectivity index (χ0) is 9.30. The molecule has 0 aliphatic carbocycles. The van der Waals surface area contributed by atoms with Crippen LogP contribution in [-0.4, -0.2) is 24.1 Å². The van der Waals surface area contributed by atoms with Crippen molar-refractivity contribution in [3.05, 3.63) is 11.4 Å². The van der Waals surface area contributed by atoms with Gasteiger partial charge in [-0.1, -0.05) is 0 Å². The zero-order valence-corrected chi connectivity index (χ0v) is 7.92. The van der Waals surface area contributed by atoms with Crippen LogP contribution in [-0.2, 0) is 0 Å². The summed E-state index contributed by atoms with van der Waals surface area (Å²) in [5.74, 6) is 2.16.